The number of hydrogen-bond acceptors (Lipinski definition) is 1. The van der Waals surface area contributed by atoms with Crippen molar-refractivity contribution in [3.63, 3.8) is 0 Å². The van der Waals surface area contributed by atoms with Crippen LogP contribution in [0.2, 0.25) is 0 Å². The van der Waals surface area contributed by atoms with Crippen LogP contribution in [0, 0.1) is 0 Å². The standard InChI is InChI=1S/C4H11N.Ba/c1-3-5-4-2;/h5H,3-4H2,1-2H3;. The molecule has 1 nitrogen and oxygen atoms in total. The van der Waals surface area contributed by atoms with Crippen molar-refractivity contribution in [1.82, 2.24) is 5.32 Å². The van der Waals surface area contributed by atoms with Gasteiger partial charge in [0, 0.05) is 48.9 Å². The molecule has 0 atom stereocenters. The zero-order valence-corrected chi connectivity index (χ0v) is 9.06. The number of nitrogens with one attached hydrogen (secondary N) is 1. The molecule has 0 fully saturated rings. The van der Waals surface area contributed by atoms with E-state index in [1.165, 1.54) is 0 Å². The predicted octanol–water partition coefficient (Wildman–Crippen LogP) is 0.235. The van der Waals surface area contributed by atoms with Gasteiger partial charge in [0.05, 0.1) is 0 Å². The molecule has 0 saturated heterocycles. The Morgan fingerprint density at radius 2 is 1.50 bits per heavy atom. The summed E-state index contributed by atoms with van der Waals surface area (Å²) in [7, 11) is 0. The van der Waals surface area contributed by atoms with Gasteiger partial charge < -0.3 is 5.32 Å². The van der Waals surface area contributed by atoms with Crippen LogP contribution in [0.5, 0.6) is 0 Å². The first kappa shape index (κ1) is 10.5. The molecule has 2 heteroatoms. The fourth-order valence-corrected chi connectivity index (χ4v) is 0.250. The van der Waals surface area contributed by atoms with Crippen LogP contribution in [0.4, 0.5) is 0 Å². The third kappa shape index (κ3) is 9.11. The zero-order valence-electron chi connectivity index (χ0n) is 4.62. The molecular weight excluding hydrogens is 199 g/mol. The van der Waals surface area contributed by atoms with Crippen molar-refractivity contribution >= 4 is 48.9 Å². The van der Waals surface area contributed by atoms with E-state index in [4.69, 9.17) is 0 Å². The molecule has 6 heavy (non-hydrogen) atoms. The van der Waals surface area contributed by atoms with Gasteiger partial charge in [0.1, 0.15) is 0 Å². The molecule has 34 valence electrons. The minimum absolute atomic E-state index is 0. The minimum Gasteiger partial charge on any atom is -0.317 e. The largest absolute Gasteiger partial charge is 0.317 e. The molecular formula is C4H11BaN. The van der Waals surface area contributed by atoms with Crippen LogP contribution in [-0.2, 0) is 0 Å². The first-order chi connectivity index (χ1) is 2.41. The SMILES string of the molecule is CCNCC.[Ba]. The quantitative estimate of drug-likeness (QED) is 0.644. The Labute approximate surface area is 80.0 Å². The van der Waals surface area contributed by atoms with Crippen molar-refractivity contribution in [3.8, 4) is 0 Å². The molecule has 0 bridgehead atoms. The second-order valence-corrected chi connectivity index (χ2v) is 0.957. The van der Waals surface area contributed by atoms with Gasteiger partial charge in [0.25, 0.3) is 0 Å². The summed E-state index contributed by atoms with van der Waals surface area (Å²) in [6, 6.07) is 0. The molecule has 0 aromatic heterocycles. The van der Waals surface area contributed by atoms with E-state index in [1.807, 2.05) is 0 Å². The van der Waals surface area contributed by atoms with Gasteiger partial charge >= 0.3 is 0 Å². The average Bonchev–Trinajstić information content (AvgIpc) is 1.41. The van der Waals surface area contributed by atoms with E-state index in [0.29, 0.717) is 0 Å². The van der Waals surface area contributed by atoms with E-state index in [0.717, 1.165) is 13.1 Å². The summed E-state index contributed by atoms with van der Waals surface area (Å²) in [4.78, 5) is 0. The topological polar surface area (TPSA) is 12.0 Å². The Kier molecular flexibility index (Phi) is 17.0. The molecule has 0 aliphatic carbocycles. The minimum atomic E-state index is 0. The van der Waals surface area contributed by atoms with Gasteiger partial charge in [-0.1, -0.05) is 13.8 Å². The van der Waals surface area contributed by atoms with Crippen LogP contribution in [0.3, 0.4) is 0 Å². The van der Waals surface area contributed by atoms with Crippen LogP contribution in [0.25, 0.3) is 0 Å². The summed E-state index contributed by atoms with van der Waals surface area (Å²) < 4.78 is 0. The van der Waals surface area contributed by atoms with Gasteiger partial charge in [-0.05, 0) is 13.1 Å². The summed E-state index contributed by atoms with van der Waals surface area (Å²) in [5, 5.41) is 3.11. The van der Waals surface area contributed by atoms with E-state index in [2.05, 4.69) is 19.2 Å². The molecule has 1 N–H and O–H groups in total. The molecule has 0 spiro atoms. The Morgan fingerprint density at radius 3 is 1.50 bits per heavy atom. The van der Waals surface area contributed by atoms with Crippen molar-refractivity contribution in [2.75, 3.05) is 13.1 Å². The second-order valence-electron chi connectivity index (χ2n) is 0.957. The second kappa shape index (κ2) is 9.73. The maximum atomic E-state index is 3.11. The van der Waals surface area contributed by atoms with Crippen molar-refractivity contribution in [1.29, 1.82) is 0 Å². The first-order valence-corrected chi connectivity index (χ1v) is 2.12. The van der Waals surface area contributed by atoms with E-state index >= 15 is 0 Å². The summed E-state index contributed by atoms with van der Waals surface area (Å²) in [5.74, 6) is 0. The molecule has 2 radical (unpaired) electrons. The van der Waals surface area contributed by atoms with E-state index in [9.17, 15) is 0 Å². The molecule has 0 saturated carbocycles. The molecule has 0 rings (SSSR count). The Balaban J connectivity index is 0. The van der Waals surface area contributed by atoms with Crippen molar-refractivity contribution in [2.45, 2.75) is 13.8 Å². The third-order valence-electron chi connectivity index (χ3n) is 0.500. The van der Waals surface area contributed by atoms with E-state index in [1.54, 1.807) is 0 Å². The van der Waals surface area contributed by atoms with E-state index in [-0.39, 0.29) is 48.9 Å². The van der Waals surface area contributed by atoms with E-state index < -0.39 is 0 Å². The Hall–Kier alpha value is 1.53. The van der Waals surface area contributed by atoms with Crippen molar-refractivity contribution < 1.29 is 0 Å². The van der Waals surface area contributed by atoms with Gasteiger partial charge in [-0.2, -0.15) is 0 Å². The Morgan fingerprint density at radius 1 is 1.17 bits per heavy atom. The molecule has 0 aromatic rings. The van der Waals surface area contributed by atoms with Crippen LogP contribution in [0.15, 0.2) is 0 Å². The molecule has 0 aromatic carbocycles. The predicted molar refractivity (Wildman–Crippen MR) is 30.0 cm³/mol. The average molecular weight is 210 g/mol. The summed E-state index contributed by atoms with van der Waals surface area (Å²) in [5.41, 5.74) is 0. The number of hydrogen-bond donors (Lipinski definition) is 1. The zero-order chi connectivity index (χ0) is 4.12. The molecule has 0 aliphatic rings. The monoisotopic (exact) mass is 211 g/mol. The van der Waals surface area contributed by atoms with Crippen molar-refractivity contribution in [3.05, 3.63) is 0 Å². The molecule has 0 amide bonds. The van der Waals surface area contributed by atoms with Gasteiger partial charge in [-0.15, -0.1) is 0 Å². The van der Waals surface area contributed by atoms with Gasteiger partial charge in [-0.25, -0.2) is 0 Å². The molecule has 0 unspecified atom stereocenters. The van der Waals surface area contributed by atoms with Crippen LogP contribution in [0.1, 0.15) is 13.8 Å². The fraction of sp³-hybridized carbons (Fsp3) is 1.00. The van der Waals surface area contributed by atoms with Crippen LogP contribution >= 0.6 is 0 Å². The fourth-order valence-electron chi connectivity index (χ4n) is 0.250. The first-order valence-electron chi connectivity index (χ1n) is 2.12. The molecule has 0 heterocycles. The van der Waals surface area contributed by atoms with Crippen molar-refractivity contribution in [2.24, 2.45) is 0 Å². The van der Waals surface area contributed by atoms with Gasteiger partial charge in [0.2, 0.25) is 0 Å². The molecule has 0 aliphatic heterocycles. The normalized spacial score (nSPS) is 7.00. The number of rotatable bonds is 2. The van der Waals surface area contributed by atoms with Crippen LogP contribution in [-0.4, -0.2) is 62.0 Å². The summed E-state index contributed by atoms with van der Waals surface area (Å²) >= 11 is 0. The van der Waals surface area contributed by atoms with Crippen LogP contribution < -0.4 is 5.32 Å². The summed E-state index contributed by atoms with van der Waals surface area (Å²) in [6.07, 6.45) is 0. The summed E-state index contributed by atoms with van der Waals surface area (Å²) in [6.45, 7) is 6.39. The smallest absolute Gasteiger partial charge is 0 e. The van der Waals surface area contributed by atoms with Gasteiger partial charge in [0.15, 0.2) is 0 Å². The maximum absolute atomic E-state index is 3.11. The van der Waals surface area contributed by atoms with Gasteiger partial charge in [-0.3, -0.25) is 0 Å². The maximum Gasteiger partial charge on any atom is 0 e. The third-order valence-corrected chi connectivity index (χ3v) is 0.500. The Bertz CT molecular complexity index is 15.0.